The standard InChI is InChI=1S/C30H49N5O2.2ClH/c1-4-5-17-34-28(36)27(20-24-11-7-6-8-12-24)31-29(37)30(34)15-18-33(19-16-30)21-26-22(2)32-35(23(26)3)25-13-9-10-14-25;;/h24-25,27H,4-21H2,1-3H3,(H,31,37);2*1H/t27-;;/m0../s1. The zero-order valence-electron chi connectivity index (χ0n) is 24.4. The molecule has 4 aliphatic rings. The maximum Gasteiger partial charge on any atom is 0.246 e. The van der Waals surface area contributed by atoms with E-state index in [1.54, 1.807) is 0 Å². The summed E-state index contributed by atoms with van der Waals surface area (Å²) in [5, 5.41) is 8.17. The largest absolute Gasteiger partial charge is 0.342 e. The van der Waals surface area contributed by atoms with Crippen molar-refractivity contribution in [2.75, 3.05) is 19.6 Å². The average molecular weight is 585 g/mol. The van der Waals surface area contributed by atoms with Crippen LogP contribution in [0.3, 0.4) is 0 Å². The first-order valence-corrected chi connectivity index (χ1v) is 15.3. The molecule has 0 aromatic carbocycles. The molecule has 0 radical (unpaired) electrons. The highest BCUT2D eigenvalue weighted by Crippen LogP contribution is 2.37. The highest BCUT2D eigenvalue weighted by atomic mass is 35.5. The van der Waals surface area contributed by atoms with E-state index in [1.165, 1.54) is 69.0 Å². The molecule has 2 aliphatic heterocycles. The maximum atomic E-state index is 13.8. The van der Waals surface area contributed by atoms with E-state index in [4.69, 9.17) is 5.10 Å². The monoisotopic (exact) mass is 583 g/mol. The van der Waals surface area contributed by atoms with Crippen LogP contribution in [0.15, 0.2) is 0 Å². The number of likely N-dealkylation sites (tertiary alicyclic amines) is 1. The molecule has 2 aliphatic carbocycles. The number of hydrogen-bond acceptors (Lipinski definition) is 4. The summed E-state index contributed by atoms with van der Waals surface area (Å²) in [6.07, 6.45) is 15.6. The van der Waals surface area contributed by atoms with E-state index in [0.29, 0.717) is 18.5 Å². The number of carbonyl (C=O) groups excluding carboxylic acids is 2. The zero-order chi connectivity index (χ0) is 26.0. The first-order chi connectivity index (χ1) is 17.9. The quantitative estimate of drug-likeness (QED) is 0.414. The van der Waals surface area contributed by atoms with Crippen molar-refractivity contribution in [1.29, 1.82) is 0 Å². The highest BCUT2D eigenvalue weighted by molar-refractivity contribution is 6.00. The molecule has 4 fully saturated rings. The van der Waals surface area contributed by atoms with Crippen LogP contribution >= 0.6 is 24.8 Å². The molecular formula is C30H51Cl2N5O2. The lowest BCUT2D eigenvalue weighted by molar-refractivity contribution is -0.162. The fourth-order valence-electron chi connectivity index (χ4n) is 7.66. The summed E-state index contributed by atoms with van der Waals surface area (Å²) in [7, 11) is 0. The predicted molar refractivity (Wildman–Crippen MR) is 161 cm³/mol. The number of aromatic nitrogens is 2. The fourth-order valence-corrected chi connectivity index (χ4v) is 7.66. The second kappa shape index (κ2) is 14.0. The van der Waals surface area contributed by atoms with Crippen molar-refractivity contribution in [3.63, 3.8) is 0 Å². The maximum absolute atomic E-state index is 13.8. The summed E-state index contributed by atoms with van der Waals surface area (Å²) in [6.45, 7) is 9.80. The van der Waals surface area contributed by atoms with E-state index < -0.39 is 5.54 Å². The number of piperidine rings is 1. The Morgan fingerprint density at radius 1 is 0.949 bits per heavy atom. The van der Waals surface area contributed by atoms with Crippen LogP contribution in [0.25, 0.3) is 0 Å². The Morgan fingerprint density at radius 2 is 1.59 bits per heavy atom. The topological polar surface area (TPSA) is 70.5 Å². The van der Waals surface area contributed by atoms with E-state index >= 15 is 0 Å². The van der Waals surface area contributed by atoms with Gasteiger partial charge in [-0.15, -0.1) is 24.8 Å². The Morgan fingerprint density at radius 3 is 2.23 bits per heavy atom. The van der Waals surface area contributed by atoms with E-state index in [1.807, 2.05) is 4.90 Å². The molecule has 222 valence electrons. The Balaban J connectivity index is 0.00000210. The minimum Gasteiger partial charge on any atom is -0.342 e. The lowest BCUT2D eigenvalue weighted by atomic mass is 9.79. The number of nitrogens with one attached hydrogen (secondary N) is 1. The molecule has 9 heteroatoms. The molecule has 1 atom stereocenters. The molecule has 2 amide bonds. The van der Waals surface area contributed by atoms with E-state index in [2.05, 4.69) is 35.7 Å². The molecule has 0 bridgehead atoms. The van der Waals surface area contributed by atoms with E-state index in [0.717, 1.165) is 57.4 Å². The summed E-state index contributed by atoms with van der Waals surface area (Å²) in [5.41, 5.74) is 3.13. The number of amides is 2. The first kappa shape index (κ1) is 32.2. The van der Waals surface area contributed by atoms with Gasteiger partial charge in [-0.05, 0) is 58.3 Å². The van der Waals surface area contributed by atoms with Gasteiger partial charge in [0.1, 0.15) is 11.6 Å². The van der Waals surface area contributed by atoms with Gasteiger partial charge in [-0.2, -0.15) is 5.10 Å². The number of carbonyl (C=O) groups is 2. The Hall–Kier alpha value is -1.31. The number of nitrogens with zero attached hydrogens (tertiary/aromatic N) is 4. The number of hydrogen-bond donors (Lipinski definition) is 1. The van der Waals surface area contributed by atoms with Crippen LogP contribution in [0, 0.1) is 19.8 Å². The Bertz CT molecular complexity index is 963. The molecular weight excluding hydrogens is 533 g/mol. The van der Waals surface area contributed by atoms with Crippen molar-refractivity contribution in [1.82, 2.24) is 24.9 Å². The summed E-state index contributed by atoms with van der Waals surface area (Å²) in [5.74, 6) is 0.852. The minimum atomic E-state index is -0.677. The van der Waals surface area contributed by atoms with Crippen molar-refractivity contribution in [3.05, 3.63) is 17.0 Å². The number of piperazine rings is 1. The summed E-state index contributed by atoms with van der Waals surface area (Å²) >= 11 is 0. The van der Waals surface area contributed by atoms with Gasteiger partial charge in [0, 0.05) is 37.4 Å². The van der Waals surface area contributed by atoms with Crippen LogP contribution in [0.4, 0.5) is 0 Å². The van der Waals surface area contributed by atoms with Crippen LogP contribution in [0.2, 0.25) is 0 Å². The Labute approximate surface area is 248 Å². The molecule has 5 rings (SSSR count). The number of unbranched alkanes of at least 4 members (excludes halogenated alkanes) is 1. The second-order valence-corrected chi connectivity index (χ2v) is 12.4. The van der Waals surface area contributed by atoms with Crippen molar-refractivity contribution in [2.45, 2.75) is 135 Å². The Kier molecular flexibility index (Phi) is 11.6. The smallest absolute Gasteiger partial charge is 0.246 e. The molecule has 1 N–H and O–H groups in total. The fraction of sp³-hybridized carbons (Fsp3) is 0.833. The molecule has 7 nitrogen and oxygen atoms in total. The predicted octanol–water partition coefficient (Wildman–Crippen LogP) is 5.89. The van der Waals surface area contributed by atoms with E-state index in [9.17, 15) is 9.59 Å². The van der Waals surface area contributed by atoms with Gasteiger partial charge in [-0.3, -0.25) is 19.2 Å². The van der Waals surface area contributed by atoms with Gasteiger partial charge in [-0.25, -0.2) is 0 Å². The van der Waals surface area contributed by atoms with Crippen LogP contribution in [0.5, 0.6) is 0 Å². The van der Waals surface area contributed by atoms with Gasteiger partial charge in [0.05, 0.1) is 11.7 Å². The lowest BCUT2D eigenvalue weighted by Crippen LogP contribution is -2.73. The lowest BCUT2D eigenvalue weighted by Gasteiger charge is -2.52. The number of rotatable bonds is 8. The molecule has 1 aromatic rings. The van der Waals surface area contributed by atoms with Gasteiger partial charge in [0.15, 0.2) is 0 Å². The zero-order valence-corrected chi connectivity index (χ0v) is 26.0. The van der Waals surface area contributed by atoms with Gasteiger partial charge in [-0.1, -0.05) is 58.3 Å². The molecule has 0 unspecified atom stereocenters. The van der Waals surface area contributed by atoms with Gasteiger partial charge < -0.3 is 10.2 Å². The van der Waals surface area contributed by atoms with Crippen molar-refractivity contribution < 1.29 is 9.59 Å². The normalized spacial score (nSPS) is 24.5. The number of aryl methyl sites for hydroxylation is 1. The SMILES string of the molecule is CCCCN1C(=O)[C@H](CC2CCCCC2)NC(=O)C12CCN(Cc1c(C)nn(C3CCCC3)c1C)CC2.Cl.Cl. The minimum absolute atomic E-state index is 0. The average Bonchev–Trinajstić information content (AvgIpc) is 3.53. The third kappa shape index (κ3) is 6.62. The number of halogens is 2. The van der Waals surface area contributed by atoms with Crippen molar-refractivity contribution >= 4 is 36.6 Å². The van der Waals surface area contributed by atoms with Crippen molar-refractivity contribution in [2.24, 2.45) is 5.92 Å². The molecule has 2 saturated carbocycles. The third-order valence-electron chi connectivity index (χ3n) is 10.0. The molecule has 39 heavy (non-hydrogen) atoms. The second-order valence-electron chi connectivity index (χ2n) is 12.4. The summed E-state index contributed by atoms with van der Waals surface area (Å²) in [6, 6.07) is 0.227. The third-order valence-corrected chi connectivity index (χ3v) is 10.0. The van der Waals surface area contributed by atoms with Gasteiger partial charge in [0.25, 0.3) is 0 Å². The molecule has 1 spiro atoms. The van der Waals surface area contributed by atoms with Crippen LogP contribution in [0.1, 0.15) is 120 Å². The van der Waals surface area contributed by atoms with Gasteiger partial charge >= 0.3 is 0 Å². The highest BCUT2D eigenvalue weighted by Gasteiger charge is 2.53. The first-order valence-electron chi connectivity index (χ1n) is 15.3. The summed E-state index contributed by atoms with van der Waals surface area (Å²) < 4.78 is 2.29. The van der Waals surface area contributed by atoms with Crippen LogP contribution in [-0.4, -0.2) is 62.6 Å². The van der Waals surface area contributed by atoms with Crippen LogP contribution < -0.4 is 5.32 Å². The van der Waals surface area contributed by atoms with Crippen molar-refractivity contribution in [3.8, 4) is 0 Å². The van der Waals surface area contributed by atoms with E-state index in [-0.39, 0.29) is 42.7 Å². The molecule has 2 saturated heterocycles. The van der Waals surface area contributed by atoms with Crippen LogP contribution in [-0.2, 0) is 16.1 Å². The molecule has 3 heterocycles. The van der Waals surface area contributed by atoms with Gasteiger partial charge in [0.2, 0.25) is 11.8 Å². The summed E-state index contributed by atoms with van der Waals surface area (Å²) in [4.78, 5) is 32.0. The molecule has 1 aromatic heterocycles.